The zero-order valence-electron chi connectivity index (χ0n) is 7.94. The number of aromatic nitrogens is 3. The van der Waals surface area contributed by atoms with Crippen molar-refractivity contribution in [3.8, 4) is 0 Å². The van der Waals surface area contributed by atoms with Crippen LogP contribution in [0.2, 0.25) is 0 Å². The lowest BCUT2D eigenvalue weighted by Gasteiger charge is -1.97. The van der Waals surface area contributed by atoms with Crippen molar-refractivity contribution in [2.24, 2.45) is 0 Å². The van der Waals surface area contributed by atoms with Gasteiger partial charge < -0.3 is 9.84 Å². The van der Waals surface area contributed by atoms with Gasteiger partial charge in [-0.05, 0) is 13.8 Å². The molecule has 14 heavy (non-hydrogen) atoms. The number of hydrogen-bond donors (Lipinski definition) is 1. The van der Waals surface area contributed by atoms with Crippen molar-refractivity contribution in [1.82, 2.24) is 15.1 Å². The predicted octanol–water partition coefficient (Wildman–Crippen LogP) is 1.76. The van der Waals surface area contributed by atoms with E-state index in [0.717, 1.165) is 5.69 Å². The third-order valence-corrected chi connectivity index (χ3v) is 2.71. The molecule has 0 fully saturated rings. The standard InChI is InChI=1S/C8H10N4OS/c1-5-7(14-4-10-5)3-9-8-11-6(2)12-13-8/h4H,3H2,1-2H3,(H,9,11,12). The summed E-state index contributed by atoms with van der Waals surface area (Å²) < 4.78 is 4.91. The summed E-state index contributed by atoms with van der Waals surface area (Å²) in [5, 5.41) is 6.72. The molecule has 2 heterocycles. The molecule has 0 aliphatic rings. The molecule has 0 spiro atoms. The van der Waals surface area contributed by atoms with Crippen molar-refractivity contribution in [3.63, 3.8) is 0 Å². The van der Waals surface area contributed by atoms with Gasteiger partial charge in [0, 0.05) is 4.88 Å². The van der Waals surface area contributed by atoms with Gasteiger partial charge in [0.1, 0.15) is 0 Å². The number of hydrogen-bond acceptors (Lipinski definition) is 6. The van der Waals surface area contributed by atoms with Crippen molar-refractivity contribution in [3.05, 3.63) is 21.9 Å². The molecule has 74 valence electrons. The monoisotopic (exact) mass is 210 g/mol. The van der Waals surface area contributed by atoms with Crippen LogP contribution in [0.15, 0.2) is 10.0 Å². The Morgan fingerprint density at radius 1 is 1.50 bits per heavy atom. The topological polar surface area (TPSA) is 63.8 Å². The van der Waals surface area contributed by atoms with E-state index in [1.807, 2.05) is 12.4 Å². The normalized spacial score (nSPS) is 10.4. The van der Waals surface area contributed by atoms with Crippen LogP contribution in [-0.4, -0.2) is 15.1 Å². The smallest absolute Gasteiger partial charge is 0.321 e. The highest BCUT2D eigenvalue weighted by Gasteiger charge is 2.04. The van der Waals surface area contributed by atoms with Gasteiger partial charge >= 0.3 is 6.01 Å². The molecule has 0 aromatic carbocycles. The molecule has 0 aliphatic heterocycles. The van der Waals surface area contributed by atoms with Gasteiger partial charge in [-0.3, -0.25) is 0 Å². The quantitative estimate of drug-likeness (QED) is 0.836. The van der Waals surface area contributed by atoms with Crippen molar-refractivity contribution in [1.29, 1.82) is 0 Å². The number of nitrogens with zero attached hydrogens (tertiary/aromatic N) is 3. The predicted molar refractivity (Wildman–Crippen MR) is 53.2 cm³/mol. The molecule has 0 aliphatic carbocycles. The van der Waals surface area contributed by atoms with Gasteiger partial charge in [0.2, 0.25) is 0 Å². The summed E-state index contributed by atoms with van der Waals surface area (Å²) in [6.07, 6.45) is 0. The SMILES string of the molecule is Cc1noc(NCc2scnc2C)n1. The average molecular weight is 210 g/mol. The van der Waals surface area contributed by atoms with Crippen LogP contribution in [0.25, 0.3) is 0 Å². The Kier molecular flexibility index (Phi) is 2.45. The fourth-order valence-electron chi connectivity index (χ4n) is 1.02. The first-order chi connectivity index (χ1) is 6.75. The van der Waals surface area contributed by atoms with Crippen LogP contribution in [0.3, 0.4) is 0 Å². The summed E-state index contributed by atoms with van der Waals surface area (Å²) in [6, 6.07) is 0.454. The van der Waals surface area contributed by atoms with E-state index in [1.165, 1.54) is 4.88 Å². The van der Waals surface area contributed by atoms with Crippen LogP contribution in [0.5, 0.6) is 0 Å². The molecule has 5 nitrogen and oxygen atoms in total. The van der Waals surface area contributed by atoms with E-state index in [4.69, 9.17) is 4.52 Å². The minimum Gasteiger partial charge on any atom is -0.333 e. The summed E-state index contributed by atoms with van der Waals surface area (Å²) in [4.78, 5) is 9.36. The van der Waals surface area contributed by atoms with Crippen LogP contribution in [0.4, 0.5) is 6.01 Å². The molecule has 0 unspecified atom stereocenters. The first-order valence-electron chi connectivity index (χ1n) is 4.19. The molecule has 0 bridgehead atoms. The van der Waals surface area contributed by atoms with Crippen LogP contribution in [-0.2, 0) is 6.54 Å². The molecular formula is C8H10N4OS. The maximum Gasteiger partial charge on any atom is 0.321 e. The molecule has 2 aromatic rings. The Labute approximate surface area is 85.2 Å². The Morgan fingerprint density at radius 2 is 2.36 bits per heavy atom. The van der Waals surface area contributed by atoms with Crippen molar-refractivity contribution in [2.75, 3.05) is 5.32 Å². The van der Waals surface area contributed by atoms with E-state index in [0.29, 0.717) is 18.4 Å². The molecule has 2 aromatic heterocycles. The van der Waals surface area contributed by atoms with Crippen molar-refractivity contribution in [2.45, 2.75) is 20.4 Å². The third-order valence-electron chi connectivity index (χ3n) is 1.77. The van der Waals surface area contributed by atoms with Gasteiger partial charge in [0.25, 0.3) is 0 Å². The molecular weight excluding hydrogens is 200 g/mol. The van der Waals surface area contributed by atoms with Crippen molar-refractivity contribution < 1.29 is 4.52 Å². The Bertz CT molecular complexity index is 422. The maximum atomic E-state index is 4.91. The number of thiazole rings is 1. The number of nitrogens with one attached hydrogen (secondary N) is 1. The van der Waals surface area contributed by atoms with Crippen LogP contribution >= 0.6 is 11.3 Å². The lowest BCUT2D eigenvalue weighted by molar-refractivity contribution is 0.425. The van der Waals surface area contributed by atoms with Gasteiger partial charge in [0.05, 0.1) is 17.7 Å². The highest BCUT2D eigenvalue weighted by atomic mass is 32.1. The zero-order chi connectivity index (χ0) is 9.97. The molecule has 0 saturated carbocycles. The average Bonchev–Trinajstić information content (AvgIpc) is 2.72. The Morgan fingerprint density at radius 3 is 2.93 bits per heavy atom. The van der Waals surface area contributed by atoms with E-state index in [2.05, 4.69) is 20.4 Å². The van der Waals surface area contributed by atoms with Gasteiger partial charge in [-0.25, -0.2) is 4.98 Å². The summed E-state index contributed by atoms with van der Waals surface area (Å²) in [6.45, 7) is 4.44. The zero-order valence-corrected chi connectivity index (χ0v) is 8.76. The molecule has 6 heteroatoms. The highest BCUT2D eigenvalue weighted by Crippen LogP contribution is 2.13. The fourth-order valence-corrected chi connectivity index (χ4v) is 1.74. The second-order valence-electron chi connectivity index (χ2n) is 2.86. The highest BCUT2D eigenvalue weighted by molar-refractivity contribution is 7.09. The van der Waals surface area contributed by atoms with E-state index >= 15 is 0 Å². The van der Waals surface area contributed by atoms with Crippen molar-refractivity contribution >= 4 is 17.4 Å². The second-order valence-corrected chi connectivity index (χ2v) is 3.80. The van der Waals surface area contributed by atoms with E-state index in [-0.39, 0.29) is 0 Å². The number of anilines is 1. The van der Waals surface area contributed by atoms with Crippen LogP contribution < -0.4 is 5.32 Å². The van der Waals surface area contributed by atoms with Gasteiger partial charge in [-0.1, -0.05) is 5.16 Å². The second kappa shape index (κ2) is 3.75. The van der Waals surface area contributed by atoms with Gasteiger partial charge in [-0.15, -0.1) is 11.3 Å². The summed E-state index contributed by atoms with van der Waals surface area (Å²) in [5.74, 6) is 0.633. The van der Waals surface area contributed by atoms with E-state index in [9.17, 15) is 0 Å². The molecule has 0 atom stereocenters. The minimum atomic E-state index is 0.454. The molecule has 0 amide bonds. The summed E-state index contributed by atoms with van der Waals surface area (Å²) in [7, 11) is 0. The van der Waals surface area contributed by atoms with Gasteiger partial charge in [0.15, 0.2) is 5.82 Å². The van der Waals surface area contributed by atoms with Gasteiger partial charge in [-0.2, -0.15) is 4.98 Å². The molecule has 0 radical (unpaired) electrons. The Hall–Kier alpha value is -1.43. The fraction of sp³-hybridized carbons (Fsp3) is 0.375. The first kappa shape index (κ1) is 9.14. The van der Waals surface area contributed by atoms with Crippen LogP contribution in [0, 0.1) is 13.8 Å². The number of aryl methyl sites for hydroxylation is 2. The Balaban J connectivity index is 1.98. The summed E-state index contributed by atoms with van der Waals surface area (Å²) >= 11 is 1.61. The lowest BCUT2D eigenvalue weighted by atomic mass is 10.4. The third kappa shape index (κ3) is 1.90. The maximum absolute atomic E-state index is 4.91. The molecule has 1 N–H and O–H groups in total. The molecule has 0 saturated heterocycles. The molecule has 2 rings (SSSR count). The summed E-state index contributed by atoms with van der Waals surface area (Å²) in [5.41, 5.74) is 2.87. The van der Waals surface area contributed by atoms with E-state index in [1.54, 1.807) is 18.3 Å². The largest absolute Gasteiger partial charge is 0.333 e. The first-order valence-corrected chi connectivity index (χ1v) is 5.07. The lowest BCUT2D eigenvalue weighted by Crippen LogP contribution is -1.99. The van der Waals surface area contributed by atoms with Crippen LogP contribution in [0.1, 0.15) is 16.4 Å². The minimum absolute atomic E-state index is 0.454. The van der Waals surface area contributed by atoms with E-state index < -0.39 is 0 Å². The number of rotatable bonds is 3.